The van der Waals surface area contributed by atoms with Crippen LogP contribution in [0.5, 0.6) is 0 Å². The van der Waals surface area contributed by atoms with Crippen molar-refractivity contribution in [2.24, 2.45) is 7.05 Å². The summed E-state index contributed by atoms with van der Waals surface area (Å²) in [5, 5.41) is 2.08. The van der Waals surface area contributed by atoms with Gasteiger partial charge in [0.1, 0.15) is 18.2 Å². The highest BCUT2D eigenvalue weighted by atomic mass is 16.3. The zero-order valence-corrected chi connectivity index (χ0v) is 25.9. The number of nitrogens with zero attached hydrogens (tertiary/aromatic N) is 1. The minimum atomic E-state index is -2.32. The lowest BCUT2D eigenvalue weighted by atomic mass is 9.79. The molecule has 2 heteroatoms. The van der Waals surface area contributed by atoms with E-state index in [1.807, 2.05) is 48.0 Å². The molecule has 7 rings (SSSR count). The minimum Gasteiger partial charge on any atom is -0.454 e. The fraction of sp³-hybridized carbons (Fsp3) is 0.167. The molecule has 216 valence electrons. The number of rotatable bonds is 4. The van der Waals surface area contributed by atoms with E-state index in [0.29, 0.717) is 11.1 Å². The van der Waals surface area contributed by atoms with Gasteiger partial charge in [-0.05, 0) is 58.1 Å². The number of benzene rings is 5. The van der Waals surface area contributed by atoms with E-state index in [0.717, 1.165) is 72.1 Å². The van der Waals surface area contributed by atoms with Crippen LogP contribution in [0.4, 0.5) is 0 Å². The van der Waals surface area contributed by atoms with E-state index < -0.39 is 6.85 Å². The van der Waals surface area contributed by atoms with Crippen molar-refractivity contribution < 1.29 is 13.1 Å². The maximum atomic E-state index is 8.59. The number of para-hydroxylation sites is 1. The molecule has 0 fully saturated rings. The second-order valence-electron chi connectivity index (χ2n) is 12.8. The highest BCUT2D eigenvalue weighted by Crippen LogP contribution is 2.42. The highest BCUT2D eigenvalue weighted by molar-refractivity contribution is 6.13. The van der Waals surface area contributed by atoms with Gasteiger partial charge < -0.3 is 4.42 Å². The van der Waals surface area contributed by atoms with Gasteiger partial charge in [-0.25, -0.2) is 4.57 Å². The Morgan fingerprint density at radius 1 is 0.614 bits per heavy atom. The van der Waals surface area contributed by atoms with Crippen molar-refractivity contribution in [1.29, 1.82) is 0 Å². The molecule has 7 aromatic rings. The molecule has 0 aliphatic heterocycles. The maximum absolute atomic E-state index is 8.59. The normalized spacial score (nSPS) is 13.2. The first-order valence-corrected chi connectivity index (χ1v) is 15.2. The molecule has 2 heterocycles. The van der Waals surface area contributed by atoms with E-state index in [1.165, 1.54) is 0 Å². The third-order valence-corrected chi connectivity index (χ3v) is 8.72. The van der Waals surface area contributed by atoms with Gasteiger partial charge in [0.05, 0.1) is 5.56 Å². The molecule has 44 heavy (non-hydrogen) atoms. The van der Waals surface area contributed by atoms with Gasteiger partial charge in [0.2, 0.25) is 5.69 Å². The Morgan fingerprint density at radius 2 is 1.32 bits per heavy atom. The summed E-state index contributed by atoms with van der Waals surface area (Å²) in [7, 11) is 1.92. The van der Waals surface area contributed by atoms with Crippen LogP contribution >= 0.6 is 0 Å². The number of pyridine rings is 1. The average Bonchev–Trinajstić information content (AvgIpc) is 3.43. The summed E-state index contributed by atoms with van der Waals surface area (Å²) < 4.78 is 34.5. The Bertz CT molecular complexity index is 2270. The standard InChI is InChI=1S/C42H38NO/c1-27-20-22-35-34-19-13-18-32(30-16-11-8-12-17-30)40(34)44-41(35)39(27)38-25-36(28(2)26-43(38)6)33-23-21-31(24-37(33)42(3,4)5)29-14-9-7-10-15-29/h7-26H,1-6H3/q+1/i2D3. The summed E-state index contributed by atoms with van der Waals surface area (Å²) >= 11 is 0. The molecule has 0 unspecified atom stereocenters. The lowest BCUT2D eigenvalue weighted by molar-refractivity contribution is -0.660. The average molecular weight is 576 g/mol. The van der Waals surface area contributed by atoms with Gasteiger partial charge >= 0.3 is 0 Å². The van der Waals surface area contributed by atoms with Gasteiger partial charge in [-0.1, -0.05) is 130 Å². The van der Waals surface area contributed by atoms with E-state index in [-0.39, 0.29) is 5.41 Å². The third kappa shape index (κ3) is 4.72. The molecule has 0 spiro atoms. The molecule has 0 saturated carbocycles. The summed E-state index contributed by atoms with van der Waals surface area (Å²) in [6, 6.07) is 39.6. The van der Waals surface area contributed by atoms with Gasteiger partial charge in [-0.3, -0.25) is 0 Å². The molecule has 0 aliphatic rings. The first kappa shape index (κ1) is 24.5. The van der Waals surface area contributed by atoms with Crippen LogP contribution in [0.1, 0.15) is 41.6 Å². The summed E-state index contributed by atoms with van der Waals surface area (Å²) in [4.78, 5) is 0. The van der Waals surface area contributed by atoms with Crippen LogP contribution < -0.4 is 4.57 Å². The Morgan fingerprint density at radius 3 is 2.02 bits per heavy atom. The van der Waals surface area contributed by atoms with Crippen LogP contribution in [0.3, 0.4) is 0 Å². The van der Waals surface area contributed by atoms with Crippen molar-refractivity contribution in [3.05, 3.63) is 138 Å². The lowest BCUT2D eigenvalue weighted by Gasteiger charge is -2.25. The van der Waals surface area contributed by atoms with Crippen molar-refractivity contribution in [1.82, 2.24) is 0 Å². The second-order valence-corrected chi connectivity index (χ2v) is 12.8. The summed E-state index contributed by atoms with van der Waals surface area (Å²) in [6.45, 7) is 6.33. The summed E-state index contributed by atoms with van der Waals surface area (Å²) in [6.07, 6.45) is 1.78. The molecule has 0 atom stereocenters. The van der Waals surface area contributed by atoms with E-state index in [4.69, 9.17) is 8.53 Å². The fourth-order valence-corrected chi connectivity index (χ4v) is 6.45. The molecule has 0 N–H and O–H groups in total. The molecule has 0 amide bonds. The number of hydrogen-bond donors (Lipinski definition) is 0. The predicted molar refractivity (Wildman–Crippen MR) is 185 cm³/mol. The molecule has 2 nitrogen and oxygen atoms in total. The van der Waals surface area contributed by atoms with Crippen molar-refractivity contribution in [2.75, 3.05) is 0 Å². The number of hydrogen-bond acceptors (Lipinski definition) is 1. The zero-order chi connectivity index (χ0) is 33.1. The highest BCUT2D eigenvalue weighted by Gasteiger charge is 2.26. The molecule has 0 bridgehead atoms. The number of aromatic nitrogens is 1. The van der Waals surface area contributed by atoms with Crippen molar-refractivity contribution in [3.63, 3.8) is 0 Å². The molecular weight excluding hydrogens is 534 g/mol. The van der Waals surface area contributed by atoms with Crippen LogP contribution in [0.25, 0.3) is 66.6 Å². The van der Waals surface area contributed by atoms with E-state index in [2.05, 4.69) is 107 Å². The minimum absolute atomic E-state index is 0.243. The molecule has 5 aromatic carbocycles. The SMILES string of the molecule is [2H]C([2H])([2H])c1c[n+](C)c(-c2c(C)ccc3c2oc2c(-c4ccccc4)cccc23)cc1-c1ccc(-c2ccccc2)cc1C(C)(C)C. The van der Waals surface area contributed by atoms with Gasteiger partial charge in [-0.2, -0.15) is 0 Å². The van der Waals surface area contributed by atoms with Crippen molar-refractivity contribution in [3.8, 4) is 44.6 Å². The Balaban J connectivity index is 1.51. The quantitative estimate of drug-likeness (QED) is 0.191. The Hall–Kier alpha value is -4.95. The topological polar surface area (TPSA) is 17.0 Å². The lowest BCUT2D eigenvalue weighted by Crippen LogP contribution is -2.31. The first-order valence-electron chi connectivity index (χ1n) is 16.7. The van der Waals surface area contributed by atoms with E-state index >= 15 is 0 Å². The number of aryl methyl sites for hydroxylation is 3. The predicted octanol–water partition coefficient (Wildman–Crippen LogP) is 11.0. The van der Waals surface area contributed by atoms with Crippen LogP contribution in [-0.2, 0) is 12.5 Å². The largest absolute Gasteiger partial charge is 0.454 e. The van der Waals surface area contributed by atoms with Gasteiger partial charge in [0, 0.05) is 32.1 Å². The van der Waals surface area contributed by atoms with Crippen LogP contribution in [0.15, 0.2) is 126 Å². The van der Waals surface area contributed by atoms with Gasteiger partial charge in [0.15, 0.2) is 6.20 Å². The van der Waals surface area contributed by atoms with Crippen LogP contribution in [-0.4, -0.2) is 0 Å². The molecular formula is C42H38NO+. The van der Waals surface area contributed by atoms with Crippen LogP contribution in [0, 0.1) is 13.8 Å². The van der Waals surface area contributed by atoms with Crippen molar-refractivity contribution >= 4 is 21.9 Å². The summed E-state index contributed by atoms with van der Waals surface area (Å²) in [5.41, 5.74) is 11.7. The van der Waals surface area contributed by atoms with E-state index in [9.17, 15) is 0 Å². The zero-order valence-electron chi connectivity index (χ0n) is 28.9. The van der Waals surface area contributed by atoms with Gasteiger partial charge in [-0.15, -0.1) is 0 Å². The van der Waals surface area contributed by atoms with Crippen molar-refractivity contribution in [2.45, 2.75) is 40.0 Å². The van der Waals surface area contributed by atoms with E-state index in [1.54, 1.807) is 6.20 Å². The number of fused-ring (bicyclic) bond motifs is 3. The summed E-state index contributed by atoms with van der Waals surface area (Å²) in [5.74, 6) is 0. The number of furan rings is 1. The smallest absolute Gasteiger partial charge is 0.216 e. The maximum Gasteiger partial charge on any atom is 0.216 e. The molecule has 2 aromatic heterocycles. The third-order valence-electron chi connectivity index (χ3n) is 8.72. The van der Waals surface area contributed by atoms with Gasteiger partial charge in [0.25, 0.3) is 0 Å². The molecule has 0 aliphatic carbocycles. The monoisotopic (exact) mass is 575 g/mol. The fourth-order valence-electron chi connectivity index (χ4n) is 6.45. The second kappa shape index (κ2) is 10.6. The molecule has 0 saturated heterocycles. The first-order chi connectivity index (χ1) is 22.4. The Labute approximate surface area is 264 Å². The van der Waals surface area contributed by atoms with Crippen LogP contribution in [0.2, 0.25) is 0 Å². The molecule has 0 radical (unpaired) electrons. The Kier molecular flexibility index (Phi) is 5.92.